The van der Waals surface area contributed by atoms with Crippen LogP contribution < -0.4 is 15.1 Å². The molecule has 184 valence electrons. The predicted octanol–water partition coefficient (Wildman–Crippen LogP) is 4.31. The number of anilines is 4. The minimum atomic E-state index is 0.373. The van der Waals surface area contributed by atoms with Crippen molar-refractivity contribution in [2.24, 2.45) is 11.8 Å². The van der Waals surface area contributed by atoms with E-state index in [1.54, 1.807) is 0 Å². The van der Waals surface area contributed by atoms with Gasteiger partial charge in [-0.25, -0.2) is 15.0 Å². The fraction of sp³-hybridized carbons (Fsp3) is 0.538. The molecule has 3 saturated heterocycles. The van der Waals surface area contributed by atoms with Gasteiger partial charge in [0.1, 0.15) is 17.5 Å². The lowest BCUT2D eigenvalue weighted by molar-refractivity contribution is 0.179. The molecule has 0 saturated carbocycles. The second kappa shape index (κ2) is 9.43. The molecule has 3 aromatic rings. The van der Waals surface area contributed by atoms with Crippen molar-refractivity contribution in [1.82, 2.24) is 19.9 Å². The molecule has 35 heavy (non-hydrogen) atoms. The Labute approximate surface area is 210 Å². The number of hydrogen-bond donors (Lipinski definition) is 1. The minimum absolute atomic E-state index is 0.373. The van der Waals surface area contributed by atoms with Crippen LogP contribution in [0.15, 0.2) is 30.7 Å². The number of rotatable bonds is 7. The first-order chi connectivity index (χ1) is 17.1. The number of pyridine rings is 2. The van der Waals surface area contributed by atoms with E-state index in [2.05, 4.69) is 46.3 Å². The SMILES string of the molecule is CSCC1CN(c2ncc(C(C)C)c3cc(Nc4ccnc(N5CCC6COCC65)n4)ncc23)C1. The largest absolute Gasteiger partial charge is 0.379 e. The van der Waals surface area contributed by atoms with E-state index in [1.807, 2.05) is 36.4 Å². The van der Waals surface area contributed by atoms with Gasteiger partial charge < -0.3 is 19.9 Å². The Morgan fingerprint density at radius 2 is 2.00 bits per heavy atom. The Hall–Kier alpha value is -2.65. The fourth-order valence-corrected chi connectivity index (χ4v) is 6.30. The van der Waals surface area contributed by atoms with Crippen LogP contribution in [0, 0.1) is 11.8 Å². The molecule has 1 N–H and O–H groups in total. The Bertz CT molecular complexity index is 1220. The first-order valence-corrected chi connectivity index (χ1v) is 14.0. The molecule has 3 aliphatic heterocycles. The number of aromatic nitrogens is 4. The van der Waals surface area contributed by atoms with Crippen molar-refractivity contribution in [3.63, 3.8) is 0 Å². The molecule has 0 amide bonds. The quantitative estimate of drug-likeness (QED) is 0.520. The molecule has 6 heterocycles. The molecule has 0 radical (unpaired) electrons. The molecule has 3 aliphatic rings. The Morgan fingerprint density at radius 1 is 1.11 bits per heavy atom. The first kappa shape index (κ1) is 22.8. The van der Waals surface area contributed by atoms with Gasteiger partial charge in [0.15, 0.2) is 0 Å². The van der Waals surface area contributed by atoms with Crippen LogP contribution in [-0.2, 0) is 4.74 Å². The molecular formula is C26H33N7OS. The van der Waals surface area contributed by atoms with Crippen LogP contribution in [0.2, 0.25) is 0 Å². The second-order valence-electron chi connectivity index (χ2n) is 10.2. The number of nitrogens with zero attached hydrogens (tertiary/aromatic N) is 6. The summed E-state index contributed by atoms with van der Waals surface area (Å²) < 4.78 is 5.68. The summed E-state index contributed by atoms with van der Waals surface area (Å²) in [6.45, 7) is 9.17. The second-order valence-corrected chi connectivity index (χ2v) is 11.2. The molecule has 2 unspecified atom stereocenters. The van der Waals surface area contributed by atoms with Crippen LogP contribution in [-0.4, -0.2) is 70.8 Å². The molecule has 6 rings (SSSR count). The van der Waals surface area contributed by atoms with Crippen LogP contribution in [0.5, 0.6) is 0 Å². The molecule has 0 bridgehead atoms. The standard InChI is InChI=1S/C26H33N7OS/c1-16(2)20-9-29-25(32-11-17(12-32)15-35-3)21-10-28-24(8-19(20)21)30-23-4-6-27-26(31-23)33-7-5-18-13-34-14-22(18)33/h4,6,8-10,16-18,22H,5,7,11-15H2,1-3H3,(H,27,28,30,31). The van der Waals surface area contributed by atoms with Crippen molar-refractivity contribution in [2.75, 3.05) is 60.0 Å². The first-order valence-electron chi connectivity index (χ1n) is 12.6. The maximum absolute atomic E-state index is 5.68. The summed E-state index contributed by atoms with van der Waals surface area (Å²) in [5, 5.41) is 5.76. The number of fused-ring (bicyclic) bond motifs is 2. The van der Waals surface area contributed by atoms with E-state index >= 15 is 0 Å². The summed E-state index contributed by atoms with van der Waals surface area (Å²) in [4.78, 5) is 23.7. The summed E-state index contributed by atoms with van der Waals surface area (Å²) in [6.07, 6.45) is 9.16. The van der Waals surface area contributed by atoms with E-state index in [0.717, 1.165) is 74.0 Å². The summed E-state index contributed by atoms with van der Waals surface area (Å²) in [5.41, 5.74) is 1.24. The molecule has 3 aromatic heterocycles. The third-order valence-electron chi connectivity index (χ3n) is 7.52. The van der Waals surface area contributed by atoms with Crippen molar-refractivity contribution in [1.29, 1.82) is 0 Å². The normalized spacial score (nSPS) is 22.2. The van der Waals surface area contributed by atoms with Crippen LogP contribution >= 0.6 is 11.8 Å². The van der Waals surface area contributed by atoms with E-state index in [4.69, 9.17) is 19.7 Å². The predicted molar refractivity (Wildman–Crippen MR) is 143 cm³/mol. The maximum Gasteiger partial charge on any atom is 0.227 e. The summed E-state index contributed by atoms with van der Waals surface area (Å²) in [7, 11) is 0. The molecule has 0 spiro atoms. The van der Waals surface area contributed by atoms with Gasteiger partial charge in [-0.05, 0) is 47.4 Å². The molecule has 2 atom stereocenters. The lowest BCUT2D eigenvalue weighted by Gasteiger charge is -2.40. The van der Waals surface area contributed by atoms with E-state index < -0.39 is 0 Å². The summed E-state index contributed by atoms with van der Waals surface area (Å²) in [5.74, 6) is 6.27. The highest BCUT2D eigenvalue weighted by molar-refractivity contribution is 7.98. The monoisotopic (exact) mass is 491 g/mol. The summed E-state index contributed by atoms with van der Waals surface area (Å²) in [6, 6.07) is 4.44. The summed E-state index contributed by atoms with van der Waals surface area (Å²) >= 11 is 1.92. The van der Waals surface area contributed by atoms with Crippen LogP contribution in [0.4, 0.5) is 23.4 Å². The smallest absolute Gasteiger partial charge is 0.227 e. The van der Waals surface area contributed by atoms with Gasteiger partial charge in [0, 0.05) is 55.4 Å². The highest BCUT2D eigenvalue weighted by Crippen LogP contribution is 2.36. The third-order valence-corrected chi connectivity index (χ3v) is 8.33. The van der Waals surface area contributed by atoms with Crippen LogP contribution in [0.1, 0.15) is 31.7 Å². The Morgan fingerprint density at radius 3 is 2.83 bits per heavy atom. The van der Waals surface area contributed by atoms with Gasteiger partial charge in [0.05, 0.1) is 19.3 Å². The Kier molecular flexibility index (Phi) is 6.14. The van der Waals surface area contributed by atoms with Crippen molar-refractivity contribution in [3.8, 4) is 0 Å². The molecule has 9 heteroatoms. The molecule has 8 nitrogen and oxygen atoms in total. The molecule has 0 aliphatic carbocycles. The number of nitrogens with one attached hydrogen (secondary N) is 1. The van der Waals surface area contributed by atoms with Gasteiger partial charge in [-0.3, -0.25) is 0 Å². The molecule has 3 fully saturated rings. The zero-order valence-electron chi connectivity index (χ0n) is 20.6. The van der Waals surface area contributed by atoms with Gasteiger partial charge in [-0.2, -0.15) is 16.7 Å². The highest BCUT2D eigenvalue weighted by atomic mass is 32.2. The van der Waals surface area contributed by atoms with Crippen molar-refractivity contribution in [3.05, 3.63) is 36.3 Å². The van der Waals surface area contributed by atoms with E-state index in [0.29, 0.717) is 17.9 Å². The number of ether oxygens (including phenoxy) is 1. The lowest BCUT2D eigenvalue weighted by atomic mass is 9.97. The van der Waals surface area contributed by atoms with Gasteiger partial charge in [0.25, 0.3) is 0 Å². The van der Waals surface area contributed by atoms with Gasteiger partial charge >= 0.3 is 0 Å². The highest BCUT2D eigenvalue weighted by Gasteiger charge is 2.39. The average Bonchev–Trinajstić information content (AvgIpc) is 3.45. The fourth-order valence-electron chi connectivity index (χ4n) is 5.62. The van der Waals surface area contributed by atoms with Crippen LogP contribution in [0.3, 0.4) is 0 Å². The van der Waals surface area contributed by atoms with E-state index in [9.17, 15) is 0 Å². The minimum Gasteiger partial charge on any atom is -0.379 e. The lowest BCUT2D eigenvalue weighted by Crippen LogP contribution is -2.48. The van der Waals surface area contributed by atoms with Crippen molar-refractivity contribution in [2.45, 2.75) is 32.2 Å². The zero-order valence-corrected chi connectivity index (χ0v) is 21.5. The van der Waals surface area contributed by atoms with E-state index in [1.165, 1.54) is 16.7 Å². The zero-order chi connectivity index (χ0) is 23.9. The molecule has 0 aromatic carbocycles. The number of hydrogen-bond acceptors (Lipinski definition) is 9. The number of thioether (sulfide) groups is 1. The van der Waals surface area contributed by atoms with Gasteiger partial charge in [-0.1, -0.05) is 13.8 Å². The van der Waals surface area contributed by atoms with Gasteiger partial charge in [-0.15, -0.1) is 0 Å². The topological polar surface area (TPSA) is 79.3 Å². The van der Waals surface area contributed by atoms with Crippen molar-refractivity contribution >= 4 is 45.9 Å². The third kappa shape index (κ3) is 4.29. The average molecular weight is 492 g/mol. The van der Waals surface area contributed by atoms with E-state index in [-0.39, 0.29) is 0 Å². The maximum atomic E-state index is 5.68. The van der Waals surface area contributed by atoms with Gasteiger partial charge in [0.2, 0.25) is 5.95 Å². The van der Waals surface area contributed by atoms with Crippen LogP contribution in [0.25, 0.3) is 10.8 Å². The molecular weight excluding hydrogens is 458 g/mol. The van der Waals surface area contributed by atoms with Crippen molar-refractivity contribution < 1.29 is 4.74 Å². The Balaban J connectivity index is 1.27.